The van der Waals surface area contributed by atoms with E-state index in [9.17, 15) is 14.0 Å². The van der Waals surface area contributed by atoms with E-state index in [4.69, 9.17) is 0 Å². The van der Waals surface area contributed by atoms with Gasteiger partial charge in [-0.15, -0.1) is 0 Å². The Labute approximate surface area is 166 Å². The van der Waals surface area contributed by atoms with Crippen LogP contribution in [0.4, 0.5) is 4.39 Å². The Morgan fingerprint density at radius 2 is 1.79 bits per heavy atom. The van der Waals surface area contributed by atoms with Gasteiger partial charge in [0.05, 0.1) is 5.92 Å². The first-order valence-corrected chi connectivity index (χ1v) is 9.80. The monoisotopic (exact) mass is 382 g/mol. The Kier molecular flexibility index (Phi) is 6.45. The fraction of sp³-hybridized carbons (Fsp3) is 0.391. The predicted octanol–water partition coefficient (Wildman–Crippen LogP) is 3.65. The summed E-state index contributed by atoms with van der Waals surface area (Å²) in [6, 6.07) is 16.3. The Balaban J connectivity index is 1.60. The molecular formula is C23H27FN2O2. The van der Waals surface area contributed by atoms with Crippen LogP contribution in [0, 0.1) is 11.7 Å². The summed E-state index contributed by atoms with van der Waals surface area (Å²) in [5.41, 5.74) is 2.07. The number of hydrogen-bond donors (Lipinski definition) is 0. The van der Waals surface area contributed by atoms with Crippen molar-refractivity contribution in [2.45, 2.75) is 39.3 Å². The molecule has 1 fully saturated rings. The molecule has 0 unspecified atom stereocenters. The maximum absolute atomic E-state index is 13.1. The van der Waals surface area contributed by atoms with E-state index in [1.807, 2.05) is 49.1 Å². The van der Waals surface area contributed by atoms with Crippen LogP contribution in [0.2, 0.25) is 0 Å². The Bertz CT molecular complexity index is 805. The molecule has 0 N–H and O–H groups in total. The second-order valence-corrected chi connectivity index (χ2v) is 7.66. The molecule has 28 heavy (non-hydrogen) atoms. The Hall–Kier alpha value is -2.69. The smallest absolute Gasteiger partial charge is 0.228 e. The number of rotatable bonds is 7. The zero-order chi connectivity index (χ0) is 20.1. The van der Waals surface area contributed by atoms with Crippen LogP contribution in [-0.2, 0) is 22.6 Å². The van der Waals surface area contributed by atoms with Crippen LogP contribution in [0.3, 0.4) is 0 Å². The van der Waals surface area contributed by atoms with Crippen molar-refractivity contribution in [2.75, 3.05) is 13.1 Å². The third kappa shape index (κ3) is 4.97. The van der Waals surface area contributed by atoms with Crippen molar-refractivity contribution in [3.63, 3.8) is 0 Å². The molecule has 0 aliphatic carbocycles. The van der Waals surface area contributed by atoms with Crippen molar-refractivity contribution in [1.29, 1.82) is 0 Å². The summed E-state index contributed by atoms with van der Waals surface area (Å²) in [5, 5.41) is 0. The second-order valence-electron chi connectivity index (χ2n) is 7.66. The Morgan fingerprint density at radius 3 is 2.43 bits per heavy atom. The molecule has 5 heteroatoms. The second kappa shape index (κ2) is 9.00. The minimum absolute atomic E-state index is 0.0175. The van der Waals surface area contributed by atoms with E-state index in [0.717, 1.165) is 11.1 Å². The third-order valence-corrected chi connectivity index (χ3v) is 5.25. The SMILES string of the molecule is CC(C)N(Cc1ccccc1)C(=O)[C@@H]1CC(=O)N(CCc2ccc(F)cc2)C1. The highest BCUT2D eigenvalue weighted by Gasteiger charge is 2.36. The number of nitrogens with zero attached hydrogens (tertiary/aromatic N) is 2. The van der Waals surface area contributed by atoms with E-state index in [1.165, 1.54) is 12.1 Å². The molecule has 0 aromatic heterocycles. The molecule has 0 spiro atoms. The molecule has 0 saturated carbocycles. The third-order valence-electron chi connectivity index (χ3n) is 5.25. The first kappa shape index (κ1) is 20.1. The summed E-state index contributed by atoms with van der Waals surface area (Å²) in [6.07, 6.45) is 0.922. The van der Waals surface area contributed by atoms with E-state index in [-0.39, 0.29) is 36.0 Å². The van der Waals surface area contributed by atoms with Crippen LogP contribution in [0.1, 0.15) is 31.4 Å². The van der Waals surface area contributed by atoms with Crippen molar-refractivity contribution >= 4 is 11.8 Å². The highest BCUT2D eigenvalue weighted by Crippen LogP contribution is 2.23. The maximum atomic E-state index is 13.1. The van der Waals surface area contributed by atoms with Gasteiger partial charge in [0.1, 0.15) is 5.82 Å². The summed E-state index contributed by atoms with van der Waals surface area (Å²) in [6.45, 7) is 5.57. The molecule has 1 aliphatic heterocycles. The zero-order valence-corrected chi connectivity index (χ0v) is 16.5. The number of hydrogen-bond acceptors (Lipinski definition) is 2. The topological polar surface area (TPSA) is 40.6 Å². The molecular weight excluding hydrogens is 355 g/mol. The molecule has 4 nitrogen and oxygen atoms in total. The standard InChI is InChI=1S/C23H27FN2O2/c1-17(2)26(15-19-6-4-3-5-7-19)23(28)20-14-22(27)25(16-20)13-12-18-8-10-21(24)11-9-18/h3-11,17,20H,12-16H2,1-2H3/t20-/m1/s1. The molecule has 148 valence electrons. The van der Waals surface area contributed by atoms with Crippen LogP contribution < -0.4 is 0 Å². The van der Waals surface area contributed by atoms with Gasteiger partial charge in [0.15, 0.2) is 0 Å². The fourth-order valence-electron chi connectivity index (χ4n) is 3.60. The van der Waals surface area contributed by atoms with Crippen LogP contribution >= 0.6 is 0 Å². The number of carbonyl (C=O) groups excluding carboxylic acids is 2. The first-order valence-electron chi connectivity index (χ1n) is 9.80. The molecule has 0 radical (unpaired) electrons. The quantitative estimate of drug-likeness (QED) is 0.733. The largest absolute Gasteiger partial charge is 0.342 e. The van der Waals surface area contributed by atoms with Gasteiger partial charge in [-0.1, -0.05) is 42.5 Å². The van der Waals surface area contributed by atoms with E-state index < -0.39 is 0 Å². The summed E-state index contributed by atoms with van der Waals surface area (Å²) < 4.78 is 13.0. The first-order chi connectivity index (χ1) is 13.4. The average Bonchev–Trinajstić information content (AvgIpc) is 3.06. The van der Waals surface area contributed by atoms with Crippen molar-refractivity contribution < 1.29 is 14.0 Å². The lowest BCUT2D eigenvalue weighted by Gasteiger charge is -2.29. The molecule has 3 rings (SSSR count). The van der Waals surface area contributed by atoms with Crippen molar-refractivity contribution in [3.05, 3.63) is 71.5 Å². The molecule has 1 saturated heterocycles. The van der Waals surface area contributed by atoms with Gasteiger partial charge in [0.25, 0.3) is 0 Å². The minimum Gasteiger partial charge on any atom is -0.342 e. The highest BCUT2D eigenvalue weighted by atomic mass is 19.1. The molecule has 0 bridgehead atoms. The van der Waals surface area contributed by atoms with E-state index in [2.05, 4.69) is 0 Å². The number of amides is 2. The van der Waals surface area contributed by atoms with Crippen LogP contribution in [0.25, 0.3) is 0 Å². The molecule has 1 heterocycles. The fourth-order valence-corrected chi connectivity index (χ4v) is 3.60. The highest BCUT2D eigenvalue weighted by molar-refractivity contribution is 5.89. The summed E-state index contributed by atoms with van der Waals surface area (Å²) in [5.74, 6) is -0.508. The predicted molar refractivity (Wildman–Crippen MR) is 107 cm³/mol. The normalized spacial score (nSPS) is 16.6. The molecule has 2 amide bonds. The zero-order valence-electron chi connectivity index (χ0n) is 16.5. The van der Waals surface area contributed by atoms with Gasteiger partial charge in [-0.3, -0.25) is 9.59 Å². The van der Waals surface area contributed by atoms with Crippen LogP contribution in [0.5, 0.6) is 0 Å². The van der Waals surface area contributed by atoms with Gasteiger partial charge >= 0.3 is 0 Å². The molecule has 2 aromatic carbocycles. The molecule has 1 atom stereocenters. The summed E-state index contributed by atoms with van der Waals surface area (Å²) in [7, 11) is 0. The Morgan fingerprint density at radius 1 is 1.11 bits per heavy atom. The van der Waals surface area contributed by atoms with Crippen LogP contribution in [-0.4, -0.2) is 40.7 Å². The van der Waals surface area contributed by atoms with Gasteiger partial charge in [0, 0.05) is 32.1 Å². The van der Waals surface area contributed by atoms with Crippen molar-refractivity contribution in [2.24, 2.45) is 5.92 Å². The lowest BCUT2D eigenvalue weighted by atomic mass is 10.1. The van der Waals surface area contributed by atoms with Gasteiger partial charge in [-0.05, 0) is 43.5 Å². The van der Waals surface area contributed by atoms with Gasteiger partial charge < -0.3 is 9.80 Å². The number of likely N-dealkylation sites (tertiary alicyclic amines) is 1. The summed E-state index contributed by atoms with van der Waals surface area (Å²) >= 11 is 0. The van der Waals surface area contributed by atoms with Gasteiger partial charge in [-0.2, -0.15) is 0 Å². The minimum atomic E-state index is -0.299. The maximum Gasteiger partial charge on any atom is 0.228 e. The van der Waals surface area contributed by atoms with Crippen molar-refractivity contribution in [1.82, 2.24) is 9.80 Å². The lowest BCUT2D eigenvalue weighted by Crippen LogP contribution is -2.41. The molecule has 1 aliphatic rings. The van der Waals surface area contributed by atoms with E-state index >= 15 is 0 Å². The number of benzene rings is 2. The van der Waals surface area contributed by atoms with E-state index in [1.54, 1.807) is 17.0 Å². The number of carbonyl (C=O) groups is 2. The molecule has 2 aromatic rings. The number of halogens is 1. The van der Waals surface area contributed by atoms with E-state index in [0.29, 0.717) is 26.1 Å². The average molecular weight is 382 g/mol. The summed E-state index contributed by atoms with van der Waals surface area (Å²) in [4.78, 5) is 29.1. The van der Waals surface area contributed by atoms with Gasteiger partial charge in [-0.25, -0.2) is 4.39 Å². The van der Waals surface area contributed by atoms with Crippen LogP contribution in [0.15, 0.2) is 54.6 Å². The van der Waals surface area contributed by atoms with Crippen molar-refractivity contribution in [3.8, 4) is 0 Å². The van der Waals surface area contributed by atoms with Gasteiger partial charge in [0.2, 0.25) is 11.8 Å². The lowest BCUT2D eigenvalue weighted by molar-refractivity contribution is -0.138.